The molecule has 3 aromatic carbocycles. The van der Waals surface area contributed by atoms with Gasteiger partial charge in [-0.05, 0) is 48.0 Å². The lowest BCUT2D eigenvalue weighted by Crippen LogP contribution is -2.29. The second-order valence-electron chi connectivity index (χ2n) is 6.85. The number of carbonyl (C=O) groups excluding carboxylic acids is 3. The third-order valence-corrected chi connectivity index (χ3v) is 5.02. The SMILES string of the molecule is COc1ccc(/C=C/C(=O)c2cccc(N3C(=O)c4ccccc4C3=O)c2)cc1OC. The second-order valence-corrected chi connectivity index (χ2v) is 6.85. The molecule has 0 atom stereocenters. The van der Waals surface area contributed by atoms with Gasteiger partial charge in [-0.25, -0.2) is 4.90 Å². The summed E-state index contributed by atoms with van der Waals surface area (Å²) in [7, 11) is 3.10. The number of ketones is 1. The number of imide groups is 1. The first kappa shape index (κ1) is 20.1. The number of carbonyl (C=O) groups is 3. The predicted octanol–water partition coefficient (Wildman–Crippen LogP) is 4.40. The van der Waals surface area contributed by atoms with E-state index < -0.39 is 11.8 Å². The van der Waals surface area contributed by atoms with Gasteiger partial charge in [-0.15, -0.1) is 0 Å². The zero-order valence-electron chi connectivity index (χ0n) is 17.0. The minimum absolute atomic E-state index is 0.256. The molecule has 6 nitrogen and oxygen atoms in total. The monoisotopic (exact) mass is 413 g/mol. The van der Waals surface area contributed by atoms with Crippen molar-refractivity contribution < 1.29 is 23.9 Å². The molecule has 0 saturated carbocycles. The van der Waals surface area contributed by atoms with Crippen molar-refractivity contribution in [3.05, 3.63) is 95.1 Å². The van der Waals surface area contributed by atoms with E-state index in [2.05, 4.69) is 0 Å². The average molecular weight is 413 g/mol. The number of methoxy groups -OCH3 is 2. The normalized spacial score (nSPS) is 12.9. The van der Waals surface area contributed by atoms with Gasteiger partial charge in [0.2, 0.25) is 0 Å². The highest BCUT2D eigenvalue weighted by atomic mass is 16.5. The van der Waals surface area contributed by atoms with E-state index in [-0.39, 0.29) is 5.78 Å². The summed E-state index contributed by atoms with van der Waals surface area (Å²) in [5.41, 5.74) is 2.21. The average Bonchev–Trinajstić information content (AvgIpc) is 3.07. The Bertz CT molecular complexity index is 1190. The molecule has 0 bridgehead atoms. The lowest BCUT2D eigenvalue weighted by Gasteiger charge is -2.14. The van der Waals surface area contributed by atoms with Gasteiger partial charge in [0.05, 0.1) is 31.0 Å². The van der Waals surface area contributed by atoms with Crippen LogP contribution < -0.4 is 14.4 Å². The highest BCUT2D eigenvalue weighted by Gasteiger charge is 2.36. The van der Waals surface area contributed by atoms with Crippen LogP contribution in [-0.2, 0) is 0 Å². The Morgan fingerprint density at radius 1 is 0.806 bits per heavy atom. The van der Waals surface area contributed by atoms with E-state index in [4.69, 9.17) is 9.47 Å². The molecule has 6 heteroatoms. The van der Waals surface area contributed by atoms with E-state index in [9.17, 15) is 14.4 Å². The maximum absolute atomic E-state index is 12.7. The number of amides is 2. The molecule has 3 aromatic rings. The fourth-order valence-corrected chi connectivity index (χ4v) is 3.45. The summed E-state index contributed by atoms with van der Waals surface area (Å²) >= 11 is 0. The van der Waals surface area contributed by atoms with Crippen molar-refractivity contribution in [3.8, 4) is 11.5 Å². The van der Waals surface area contributed by atoms with Crippen molar-refractivity contribution in [2.45, 2.75) is 0 Å². The van der Waals surface area contributed by atoms with Crippen LogP contribution in [0.25, 0.3) is 6.08 Å². The summed E-state index contributed by atoms with van der Waals surface area (Å²) in [4.78, 5) is 39.2. The van der Waals surface area contributed by atoms with Crippen LogP contribution in [0.15, 0.2) is 72.8 Å². The van der Waals surface area contributed by atoms with Crippen LogP contribution >= 0.6 is 0 Å². The maximum atomic E-state index is 12.7. The van der Waals surface area contributed by atoms with Gasteiger partial charge < -0.3 is 9.47 Å². The molecule has 0 unspecified atom stereocenters. The van der Waals surface area contributed by atoms with Crippen LogP contribution in [0, 0.1) is 0 Å². The van der Waals surface area contributed by atoms with Crippen LogP contribution in [0.1, 0.15) is 36.6 Å². The standard InChI is InChI=1S/C25H19NO5/c1-30-22-13-11-16(14-23(22)31-2)10-12-21(27)17-6-5-7-18(15-17)26-24(28)19-8-3-4-9-20(19)25(26)29/h3-15H,1-2H3/b12-10+. The molecular formula is C25H19NO5. The summed E-state index contributed by atoms with van der Waals surface area (Å²) in [5.74, 6) is 0.106. The summed E-state index contributed by atoms with van der Waals surface area (Å²) < 4.78 is 10.5. The Kier molecular flexibility index (Phi) is 5.37. The number of rotatable bonds is 6. The number of ether oxygens (including phenoxy) is 2. The number of nitrogens with zero attached hydrogens (tertiary/aromatic N) is 1. The minimum atomic E-state index is -0.397. The molecule has 0 saturated heterocycles. The first-order chi connectivity index (χ1) is 15.0. The van der Waals surface area contributed by atoms with Gasteiger partial charge in [0.15, 0.2) is 17.3 Å². The summed E-state index contributed by atoms with van der Waals surface area (Å²) in [6.45, 7) is 0. The summed E-state index contributed by atoms with van der Waals surface area (Å²) in [6, 6.07) is 18.5. The molecule has 0 N–H and O–H groups in total. The molecule has 0 spiro atoms. The Labute approximate surface area is 179 Å². The molecule has 0 aliphatic carbocycles. The molecule has 31 heavy (non-hydrogen) atoms. The molecule has 4 rings (SSSR count). The molecule has 1 aliphatic rings. The Morgan fingerprint density at radius 2 is 1.48 bits per heavy atom. The lowest BCUT2D eigenvalue weighted by molar-refractivity contribution is 0.0924. The van der Waals surface area contributed by atoms with Crippen LogP contribution in [0.2, 0.25) is 0 Å². The number of fused-ring (bicyclic) bond motifs is 1. The molecule has 0 fully saturated rings. The van der Waals surface area contributed by atoms with E-state index in [1.807, 2.05) is 0 Å². The number of hydrogen-bond acceptors (Lipinski definition) is 5. The third-order valence-electron chi connectivity index (χ3n) is 5.02. The van der Waals surface area contributed by atoms with E-state index in [1.54, 1.807) is 87.0 Å². The molecule has 154 valence electrons. The van der Waals surface area contributed by atoms with Crippen molar-refractivity contribution in [2.75, 3.05) is 19.1 Å². The zero-order valence-corrected chi connectivity index (χ0v) is 17.0. The quantitative estimate of drug-likeness (QED) is 0.340. The minimum Gasteiger partial charge on any atom is -0.493 e. The van der Waals surface area contributed by atoms with Crippen molar-refractivity contribution in [3.63, 3.8) is 0 Å². The van der Waals surface area contributed by atoms with E-state index >= 15 is 0 Å². The number of anilines is 1. The van der Waals surface area contributed by atoms with Crippen molar-refractivity contribution in [2.24, 2.45) is 0 Å². The molecule has 1 heterocycles. The van der Waals surface area contributed by atoms with Crippen LogP contribution in [0.4, 0.5) is 5.69 Å². The Morgan fingerprint density at radius 3 is 2.13 bits per heavy atom. The van der Waals surface area contributed by atoms with Crippen molar-refractivity contribution in [1.29, 1.82) is 0 Å². The van der Waals surface area contributed by atoms with Gasteiger partial charge in [0, 0.05) is 5.56 Å². The fourth-order valence-electron chi connectivity index (χ4n) is 3.45. The zero-order chi connectivity index (χ0) is 22.0. The summed E-state index contributed by atoms with van der Waals surface area (Å²) in [6.07, 6.45) is 3.10. The van der Waals surface area contributed by atoms with Gasteiger partial charge in [0.1, 0.15) is 0 Å². The van der Waals surface area contributed by atoms with Gasteiger partial charge in [-0.3, -0.25) is 14.4 Å². The lowest BCUT2D eigenvalue weighted by atomic mass is 10.1. The number of benzene rings is 3. The van der Waals surface area contributed by atoms with Gasteiger partial charge in [-0.1, -0.05) is 36.4 Å². The first-order valence-electron chi connectivity index (χ1n) is 9.56. The highest BCUT2D eigenvalue weighted by molar-refractivity contribution is 6.34. The molecule has 2 amide bonds. The smallest absolute Gasteiger partial charge is 0.266 e. The Balaban J connectivity index is 1.58. The van der Waals surface area contributed by atoms with Gasteiger partial charge in [0.25, 0.3) is 11.8 Å². The van der Waals surface area contributed by atoms with Crippen LogP contribution in [-0.4, -0.2) is 31.8 Å². The molecular weight excluding hydrogens is 394 g/mol. The third kappa shape index (κ3) is 3.71. The number of hydrogen-bond donors (Lipinski definition) is 0. The summed E-state index contributed by atoms with van der Waals surface area (Å²) in [5, 5.41) is 0. The van der Waals surface area contributed by atoms with Crippen LogP contribution in [0.3, 0.4) is 0 Å². The predicted molar refractivity (Wildman–Crippen MR) is 117 cm³/mol. The maximum Gasteiger partial charge on any atom is 0.266 e. The van der Waals surface area contributed by atoms with Crippen LogP contribution in [0.5, 0.6) is 11.5 Å². The van der Waals surface area contributed by atoms with E-state index in [1.165, 1.54) is 6.08 Å². The largest absolute Gasteiger partial charge is 0.493 e. The van der Waals surface area contributed by atoms with Crippen molar-refractivity contribution >= 4 is 29.4 Å². The topological polar surface area (TPSA) is 72.9 Å². The first-order valence-corrected chi connectivity index (χ1v) is 9.56. The van der Waals surface area contributed by atoms with E-state index in [0.29, 0.717) is 33.9 Å². The fraction of sp³-hybridized carbons (Fsp3) is 0.0800. The highest BCUT2D eigenvalue weighted by Crippen LogP contribution is 2.30. The Hall–Kier alpha value is -4.19. The van der Waals surface area contributed by atoms with Gasteiger partial charge in [-0.2, -0.15) is 0 Å². The van der Waals surface area contributed by atoms with Gasteiger partial charge >= 0.3 is 0 Å². The second kappa shape index (κ2) is 8.28. The number of allylic oxidation sites excluding steroid dienone is 1. The van der Waals surface area contributed by atoms with E-state index in [0.717, 1.165) is 10.5 Å². The molecule has 0 aromatic heterocycles. The molecule has 0 radical (unpaired) electrons. The van der Waals surface area contributed by atoms with Crippen molar-refractivity contribution in [1.82, 2.24) is 0 Å². The molecule has 1 aliphatic heterocycles.